The fourth-order valence-corrected chi connectivity index (χ4v) is 3.68. The molecule has 0 saturated heterocycles. The zero-order valence-corrected chi connectivity index (χ0v) is 18.5. The molecule has 0 bridgehead atoms. The van der Waals surface area contributed by atoms with E-state index in [1.165, 1.54) is 6.08 Å². The molecule has 4 aromatic rings. The summed E-state index contributed by atoms with van der Waals surface area (Å²) in [5, 5.41) is 6.48. The molecular formula is C25H21N5O2S. The molecule has 0 aliphatic carbocycles. The van der Waals surface area contributed by atoms with Crippen LogP contribution >= 0.6 is 11.8 Å². The van der Waals surface area contributed by atoms with Crippen LogP contribution in [0.4, 0.5) is 10.5 Å². The summed E-state index contributed by atoms with van der Waals surface area (Å²) in [4.78, 5) is 37.6. The van der Waals surface area contributed by atoms with Gasteiger partial charge in [0.2, 0.25) is 0 Å². The molecule has 2 heterocycles. The van der Waals surface area contributed by atoms with Crippen molar-refractivity contribution < 1.29 is 9.59 Å². The third-order valence-corrected chi connectivity index (χ3v) is 5.52. The fraction of sp³-hybridized carbons (Fsp3) is 0.0800. The number of ketones is 1. The predicted octanol–water partition coefficient (Wildman–Crippen LogP) is 4.83. The van der Waals surface area contributed by atoms with Crippen LogP contribution in [-0.2, 0) is 0 Å². The van der Waals surface area contributed by atoms with Gasteiger partial charge in [-0.3, -0.25) is 9.78 Å². The molecule has 0 aliphatic rings. The van der Waals surface area contributed by atoms with Crippen molar-refractivity contribution in [1.82, 2.24) is 20.3 Å². The van der Waals surface area contributed by atoms with Crippen LogP contribution in [0.5, 0.6) is 0 Å². The van der Waals surface area contributed by atoms with Gasteiger partial charge in [-0.05, 0) is 60.7 Å². The smallest absolute Gasteiger partial charge is 0.319 e. The minimum atomic E-state index is -0.300. The molecule has 2 amide bonds. The first-order chi connectivity index (χ1) is 16.2. The van der Waals surface area contributed by atoms with Crippen LogP contribution in [0.2, 0.25) is 0 Å². The van der Waals surface area contributed by atoms with Crippen LogP contribution in [0, 0.1) is 0 Å². The largest absolute Gasteiger partial charge is 0.337 e. The summed E-state index contributed by atoms with van der Waals surface area (Å²) in [5.74, 6) is 0.554. The number of urea groups is 1. The monoisotopic (exact) mass is 455 g/mol. The summed E-state index contributed by atoms with van der Waals surface area (Å²) in [6, 6.07) is 19.7. The second-order valence-electron chi connectivity index (χ2n) is 6.96. The highest BCUT2D eigenvalue weighted by Gasteiger charge is 2.05. The highest BCUT2D eigenvalue weighted by atomic mass is 32.2. The van der Waals surface area contributed by atoms with Crippen molar-refractivity contribution in [2.75, 3.05) is 17.6 Å². The van der Waals surface area contributed by atoms with Crippen molar-refractivity contribution in [2.24, 2.45) is 0 Å². The predicted molar refractivity (Wildman–Crippen MR) is 131 cm³/mol. The van der Waals surface area contributed by atoms with Crippen molar-refractivity contribution in [3.05, 3.63) is 96.5 Å². The van der Waals surface area contributed by atoms with Crippen molar-refractivity contribution in [3.8, 4) is 0 Å². The van der Waals surface area contributed by atoms with Gasteiger partial charge in [-0.1, -0.05) is 18.2 Å². The maximum atomic E-state index is 12.5. The number of thioether (sulfide) groups is 1. The van der Waals surface area contributed by atoms with Gasteiger partial charge in [0.1, 0.15) is 0 Å². The highest BCUT2D eigenvalue weighted by molar-refractivity contribution is 7.99. The molecular weight excluding hydrogens is 434 g/mol. The van der Waals surface area contributed by atoms with Gasteiger partial charge in [0.15, 0.2) is 5.78 Å². The summed E-state index contributed by atoms with van der Waals surface area (Å²) in [5.41, 5.74) is 3.30. The number of nitrogens with one attached hydrogen (secondary N) is 2. The van der Waals surface area contributed by atoms with Crippen LogP contribution in [-0.4, -0.2) is 39.1 Å². The number of para-hydroxylation sites is 2. The Hall–Kier alpha value is -4.04. The van der Waals surface area contributed by atoms with E-state index in [0.717, 1.165) is 16.1 Å². The SMILES string of the molecule is O=C(NCCSc1ccccn1)Nc1ccc(C(=O)C=Cc2cnc3ccccc3n2)cc1. The molecule has 7 nitrogen and oxygen atoms in total. The summed E-state index contributed by atoms with van der Waals surface area (Å²) in [6.45, 7) is 0.506. The van der Waals surface area contributed by atoms with Crippen molar-refractivity contribution >= 4 is 46.4 Å². The minimum absolute atomic E-state index is 0.160. The summed E-state index contributed by atoms with van der Waals surface area (Å²) < 4.78 is 0. The Balaban J connectivity index is 1.25. The van der Waals surface area contributed by atoms with Gasteiger partial charge >= 0.3 is 6.03 Å². The molecule has 164 valence electrons. The average molecular weight is 456 g/mol. The lowest BCUT2D eigenvalue weighted by Crippen LogP contribution is -2.30. The number of hydrogen-bond donors (Lipinski definition) is 2. The standard InChI is InChI=1S/C25H21N5O2S/c31-23(13-12-20-17-28-21-5-1-2-6-22(21)29-20)18-8-10-19(11-9-18)30-25(32)27-15-16-33-24-7-3-4-14-26-24/h1-14,17H,15-16H2,(H2,27,30,32). The molecule has 0 radical (unpaired) electrons. The Kier molecular flexibility index (Phi) is 7.40. The molecule has 2 aromatic carbocycles. The normalized spacial score (nSPS) is 10.9. The van der Waals surface area contributed by atoms with E-state index < -0.39 is 0 Å². The van der Waals surface area contributed by atoms with Gasteiger partial charge in [0.25, 0.3) is 0 Å². The Morgan fingerprint density at radius 1 is 0.909 bits per heavy atom. The first-order valence-corrected chi connectivity index (χ1v) is 11.3. The number of benzene rings is 2. The van der Waals surface area contributed by atoms with E-state index in [9.17, 15) is 9.59 Å². The molecule has 0 fully saturated rings. The van der Waals surface area contributed by atoms with Crippen molar-refractivity contribution in [1.29, 1.82) is 0 Å². The van der Waals surface area contributed by atoms with Gasteiger partial charge in [-0.25, -0.2) is 14.8 Å². The number of pyridine rings is 1. The summed E-state index contributed by atoms with van der Waals surface area (Å²) in [7, 11) is 0. The summed E-state index contributed by atoms with van der Waals surface area (Å²) in [6.07, 6.45) is 6.48. The molecule has 0 aliphatic heterocycles. The van der Waals surface area contributed by atoms with E-state index in [2.05, 4.69) is 25.6 Å². The molecule has 33 heavy (non-hydrogen) atoms. The van der Waals surface area contributed by atoms with Crippen LogP contribution in [0.25, 0.3) is 17.1 Å². The van der Waals surface area contributed by atoms with Crippen LogP contribution in [0.15, 0.2) is 90.2 Å². The lowest BCUT2D eigenvalue weighted by molar-refractivity contribution is 0.104. The number of nitrogens with zero attached hydrogens (tertiary/aromatic N) is 3. The Morgan fingerprint density at radius 3 is 2.48 bits per heavy atom. The number of carbonyl (C=O) groups excluding carboxylic acids is 2. The zero-order chi connectivity index (χ0) is 22.9. The maximum Gasteiger partial charge on any atom is 0.319 e. The third kappa shape index (κ3) is 6.47. The van der Waals surface area contributed by atoms with Crippen molar-refractivity contribution in [3.63, 3.8) is 0 Å². The van der Waals surface area contributed by atoms with E-state index in [4.69, 9.17) is 0 Å². The van der Waals surface area contributed by atoms with Gasteiger partial charge in [-0.15, -0.1) is 11.8 Å². The number of rotatable bonds is 8. The van der Waals surface area contributed by atoms with Gasteiger partial charge in [0, 0.05) is 29.7 Å². The Morgan fingerprint density at radius 2 is 1.70 bits per heavy atom. The van der Waals surface area contributed by atoms with E-state index in [1.807, 2.05) is 42.5 Å². The number of carbonyl (C=O) groups is 2. The van der Waals surface area contributed by atoms with Gasteiger partial charge in [0.05, 0.1) is 28.0 Å². The molecule has 4 rings (SSSR count). The van der Waals surface area contributed by atoms with Crippen LogP contribution in [0.3, 0.4) is 0 Å². The van der Waals surface area contributed by atoms with Crippen LogP contribution < -0.4 is 10.6 Å². The number of hydrogen-bond acceptors (Lipinski definition) is 6. The van der Waals surface area contributed by atoms with Gasteiger partial charge < -0.3 is 10.6 Å². The number of anilines is 1. The number of fused-ring (bicyclic) bond motifs is 1. The molecule has 2 aromatic heterocycles. The van der Waals surface area contributed by atoms with Crippen molar-refractivity contribution in [2.45, 2.75) is 5.03 Å². The first kappa shape index (κ1) is 22.2. The maximum absolute atomic E-state index is 12.5. The van der Waals surface area contributed by atoms with E-state index in [1.54, 1.807) is 54.5 Å². The third-order valence-electron chi connectivity index (χ3n) is 4.58. The Bertz CT molecular complexity index is 1280. The molecule has 0 unspecified atom stereocenters. The molecule has 0 saturated carbocycles. The number of aromatic nitrogens is 3. The first-order valence-electron chi connectivity index (χ1n) is 10.3. The molecule has 0 spiro atoms. The number of allylic oxidation sites excluding steroid dienone is 1. The van der Waals surface area contributed by atoms with E-state index in [-0.39, 0.29) is 11.8 Å². The second-order valence-corrected chi connectivity index (χ2v) is 8.07. The quantitative estimate of drug-likeness (QED) is 0.171. The average Bonchev–Trinajstić information content (AvgIpc) is 2.86. The zero-order valence-electron chi connectivity index (χ0n) is 17.6. The minimum Gasteiger partial charge on any atom is -0.337 e. The van der Waals surface area contributed by atoms with Crippen LogP contribution in [0.1, 0.15) is 16.1 Å². The van der Waals surface area contributed by atoms with E-state index in [0.29, 0.717) is 29.2 Å². The number of amides is 2. The highest BCUT2D eigenvalue weighted by Crippen LogP contribution is 2.14. The lowest BCUT2D eigenvalue weighted by atomic mass is 10.1. The molecule has 8 heteroatoms. The van der Waals surface area contributed by atoms with Gasteiger partial charge in [-0.2, -0.15) is 0 Å². The Labute approximate surface area is 195 Å². The van der Waals surface area contributed by atoms with E-state index >= 15 is 0 Å². The summed E-state index contributed by atoms with van der Waals surface area (Å²) >= 11 is 1.57. The second kappa shape index (κ2) is 11.0. The topological polar surface area (TPSA) is 96.9 Å². The fourth-order valence-electron chi connectivity index (χ4n) is 2.95. The molecule has 2 N–H and O–H groups in total. The lowest BCUT2D eigenvalue weighted by Gasteiger charge is -2.08. The molecule has 0 atom stereocenters.